The van der Waals surface area contributed by atoms with Gasteiger partial charge in [0.15, 0.2) is 5.96 Å². The molecular formula is C18H35N3. The summed E-state index contributed by atoms with van der Waals surface area (Å²) in [5.41, 5.74) is 2.41. The SMILES string of the molecule is CC.CC.CC.CC1=CCN=C(NCc2ccccc2)N1.[HH]. The summed E-state index contributed by atoms with van der Waals surface area (Å²) in [6.07, 6.45) is 2.06. The lowest BCUT2D eigenvalue weighted by atomic mass is 10.2. The second-order valence-corrected chi connectivity index (χ2v) is 3.54. The van der Waals surface area contributed by atoms with Crippen molar-refractivity contribution >= 4 is 5.96 Å². The van der Waals surface area contributed by atoms with E-state index >= 15 is 0 Å². The van der Waals surface area contributed by atoms with E-state index in [0.717, 1.165) is 24.7 Å². The molecule has 0 atom stereocenters. The number of allylic oxidation sites excluding steroid dienone is 1. The van der Waals surface area contributed by atoms with Gasteiger partial charge in [0.2, 0.25) is 0 Å². The third-order valence-corrected chi connectivity index (χ3v) is 2.27. The lowest BCUT2D eigenvalue weighted by Gasteiger charge is -2.15. The number of rotatable bonds is 2. The molecule has 0 aromatic heterocycles. The molecule has 1 aromatic carbocycles. The molecular weight excluding hydrogens is 258 g/mol. The van der Waals surface area contributed by atoms with Gasteiger partial charge < -0.3 is 10.6 Å². The van der Waals surface area contributed by atoms with Crippen LogP contribution in [0.5, 0.6) is 0 Å². The molecule has 0 saturated carbocycles. The van der Waals surface area contributed by atoms with Gasteiger partial charge in [0.25, 0.3) is 0 Å². The summed E-state index contributed by atoms with van der Waals surface area (Å²) in [4.78, 5) is 4.31. The molecule has 21 heavy (non-hydrogen) atoms. The molecule has 0 radical (unpaired) electrons. The van der Waals surface area contributed by atoms with Crippen molar-refractivity contribution in [3.05, 3.63) is 47.7 Å². The van der Waals surface area contributed by atoms with Crippen LogP contribution < -0.4 is 10.6 Å². The second-order valence-electron chi connectivity index (χ2n) is 3.54. The van der Waals surface area contributed by atoms with E-state index in [9.17, 15) is 0 Å². The Hall–Kier alpha value is -1.77. The van der Waals surface area contributed by atoms with Crippen LogP contribution in [0.2, 0.25) is 0 Å². The van der Waals surface area contributed by atoms with Crippen molar-refractivity contribution in [2.75, 3.05) is 6.54 Å². The van der Waals surface area contributed by atoms with Crippen LogP contribution >= 0.6 is 0 Å². The molecule has 1 heterocycles. The van der Waals surface area contributed by atoms with Gasteiger partial charge in [-0.2, -0.15) is 0 Å². The van der Waals surface area contributed by atoms with Gasteiger partial charge in [-0.3, -0.25) is 0 Å². The summed E-state index contributed by atoms with van der Waals surface area (Å²) < 4.78 is 0. The minimum absolute atomic E-state index is 0. The molecule has 0 spiro atoms. The van der Waals surface area contributed by atoms with Gasteiger partial charge in [-0.25, -0.2) is 4.99 Å². The molecule has 0 bridgehead atoms. The van der Waals surface area contributed by atoms with E-state index in [1.807, 2.05) is 66.7 Å². The number of benzene rings is 1. The summed E-state index contributed by atoms with van der Waals surface area (Å²) in [5, 5.41) is 6.45. The summed E-state index contributed by atoms with van der Waals surface area (Å²) in [7, 11) is 0. The van der Waals surface area contributed by atoms with Crippen molar-refractivity contribution in [2.24, 2.45) is 4.99 Å². The first-order valence-electron chi connectivity index (χ1n) is 8.10. The first-order valence-corrected chi connectivity index (χ1v) is 8.10. The minimum Gasteiger partial charge on any atom is -0.352 e. The Kier molecular flexibility index (Phi) is 16.7. The highest BCUT2D eigenvalue weighted by molar-refractivity contribution is 5.82. The fourth-order valence-corrected chi connectivity index (χ4v) is 1.43. The Bertz CT molecular complexity index is 387. The first kappa shape index (κ1) is 21.5. The van der Waals surface area contributed by atoms with E-state index in [4.69, 9.17) is 0 Å². The molecule has 2 N–H and O–H groups in total. The van der Waals surface area contributed by atoms with E-state index in [2.05, 4.69) is 33.8 Å². The standard InChI is InChI=1S/C12H15N3.3C2H6.H2/c1-10-7-8-13-12(15-10)14-9-11-5-3-2-4-6-11;3*1-2;/h2-7H,8-9H2,1H3,(H2,13,14,15);3*1-2H3;1H. The first-order chi connectivity index (χ1) is 10.3. The van der Waals surface area contributed by atoms with Gasteiger partial charge in [-0.1, -0.05) is 71.9 Å². The molecule has 0 aliphatic carbocycles. The molecule has 1 aromatic rings. The minimum atomic E-state index is 0. The van der Waals surface area contributed by atoms with Crippen LogP contribution in [-0.2, 0) is 6.54 Å². The quantitative estimate of drug-likeness (QED) is 0.808. The van der Waals surface area contributed by atoms with Crippen LogP contribution in [0.4, 0.5) is 0 Å². The average molecular weight is 293 g/mol. The highest BCUT2D eigenvalue weighted by Crippen LogP contribution is 1.98. The Labute approximate surface area is 133 Å². The van der Waals surface area contributed by atoms with Crippen LogP contribution in [0, 0.1) is 0 Å². The number of hydrogen-bond acceptors (Lipinski definition) is 3. The van der Waals surface area contributed by atoms with E-state index in [1.54, 1.807) is 0 Å². The summed E-state index contributed by atoms with van der Waals surface area (Å²) in [5.74, 6) is 0.860. The molecule has 2 rings (SSSR count). The molecule has 0 amide bonds. The summed E-state index contributed by atoms with van der Waals surface area (Å²) in [6.45, 7) is 15.6. The third-order valence-electron chi connectivity index (χ3n) is 2.27. The molecule has 122 valence electrons. The highest BCUT2D eigenvalue weighted by Gasteiger charge is 2.02. The van der Waals surface area contributed by atoms with E-state index < -0.39 is 0 Å². The summed E-state index contributed by atoms with van der Waals surface area (Å²) in [6, 6.07) is 10.3. The zero-order valence-corrected chi connectivity index (χ0v) is 14.8. The highest BCUT2D eigenvalue weighted by atomic mass is 15.2. The van der Waals surface area contributed by atoms with Gasteiger partial charge in [0, 0.05) is 13.7 Å². The maximum Gasteiger partial charge on any atom is 0.196 e. The fourth-order valence-electron chi connectivity index (χ4n) is 1.43. The monoisotopic (exact) mass is 293 g/mol. The van der Waals surface area contributed by atoms with Gasteiger partial charge in [0.1, 0.15) is 0 Å². The largest absolute Gasteiger partial charge is 0.352 e. The second kappa shape index (κ2) is 16.3. The zero-order chi connectivity index (χ0) is 16.5. The molecule has 3 nitrogen and oxygen atoms in total. The maximum atomic E-state index is 4.31. The summed E-state index contributed by atoms with van der Waals surface area (Å²) >= 11 is 0. The van der Waals surface area contributed by atoms with Crippen molar-refractivity contribution in [2.45, 2.75) is 55.0 Å². The molecule has 0 unspecified atom stereocenters. The van der Waals surface area contributed by atoms with Crippen molar-refractivity contribution in [3.8, 4) is 0 Å². The lowest BCUT2D eigenvalue weighted by Crippen LogP contribution is -2.37. The van der Waals surface area contributed by atoms with Crippen LogP contribution in [0.15, 0.2) is 47.1 Å². The topological polar surface area (TPSA) is 36.4 Å². The van der Waals surface area contributed by atoms with Crippen molar-refractivity contribution in [1.82, 2.24) is 10.6 Å². The normalized spacial score (nSPS) is 11.6. The predicted molar refractivity (Wildman–Crippen MR) is 98.6 cm³/mol. The van der Waals surface area contributed by atoms with Gasteiger partial charge in [-0.15, -0.1) is 0 Å². The number of nitrogens with zero attached hydrogens (tertiary/aromatic N) is 1. The Morgan fingerprint density at radius 2 is 1.62 bits per heavy atom. The van der Waals surface area contributed by atoms with Crippen LogP contribution in [0.3, 0.4) is 0 Å². The average Bonchev–Trinajstić information content (AvgIpc) is 2.59. The van der Waals surface area contributed by atoms with Crippen LogP contribution in [0.25, 0.3) is 0 Å². The molecule has 3 heteroatoms. The third kappa shape index (κ3) is 10.7. The fraction of sp³-hybridized carbons (Fsp3) is 0.500. The number of aliphatic imine (C=N–C) groups is 1. The van der Waals surface area contributed by atoms with E-state index in [0.29, 0.717) is 0 Å². The molecule has 1 aliphatic heterocycles. The Morgan fingerprint density at radius 1 is 1.05 bits per heavy atom. The van der Waals surface area contributed by atoms with Gasteiger partial charge in [-0.05, 0) is 18.6 Å². The van der Waals surface area contributed by atoms with Crippen LogP contribution in [0.1, 0.15) is 55.5 Å². The number of guanidine groups is 1. The van der Waals surface area contributed by atoms with E-state index in [-0.39, 0.29) is 1.43 Å². The molecule has 0 saturated heterocycles. The van der Waals surface area contributed by atoms with Crippen molar-refractivity contribution in [1.29, 1.82) is 0 Å². The molecule has 1 aliphatic rings. The predicted octanol–water partition coefficient (Wildman–Crippen LogP) is 4.96. The smallest absolute Gasteiger partial charge is 0.196 e. The zero-order valence-electron chi connectivity index (χ0n) is 14.8. The maximum absolute atomic E-state index is 4.31. The molecule has 0 fully saturated rings. The van der Waals surface area contributed by atoms with Gasteiger partial charge in [0.05, 0.1) is 6.54 Å². The number of hydrogen-bond donors (Lipinski definition) is 2. The Balaban J connectivity index is -0.000000463. The van der Waals surface area contributed by atoms with E-state index in [1.165, 1.54) is 5.56 Å². The number of nitrogens with one attached hydrogen (secondary N) is 2. The van der Waals surface area contributed by atoms with Crippen molar-refractivity contribution < 1.29 is 1.43 Å². The van der Waals surface area contributed by atoms with Crippen molar-refractivity contribution in [3.63, 3.8) is 0 Å². The lowest BCUT2D eigenvalue weighted by molar-refractivity contribution is 0.843. The Morgan fingerprint density at radius 3 is 2.14 bits per heavy atom. The van der Waals surface area contributed by atoms with Gasteiger partial charge >= 0.3 is 0 Å². The van der Waals surface area contributed by atoms with Crippen LogP contribution in [-0.4, -0.2) is 12.5 Å².